The maximum Gasteiger partial charge on any atom is 0.246 e. The van der Waals surface area contributed by atoms with Crippen LogP contribution in [0.2, 0.25) is 0 Å². The van der Waals surface area contributed by atoms with Crippen LogP contribution in [0.3, 0.4) is 0 Å². The Kier molecular flexibility index (Phi) is 7.12. The highest BCUT2D eigenvalue weighted by Crippen LogP contribution is 2.28. The minimum atomic E-state index is 0.0658. The Balaban J connectivity index is 1.97. The number of carbonyl (C=O) groups excluding carboxylic acids is 1. The second kappa shape index (κ2) is 9.33. The van der Waals surface area contributed by atoms with Crippen molar-refractivity contribution in [2.45, 2.75) is 20.3 Å². The number of likely N-dealkylation sites (N-methyl/N-ethyl adjacent to an activating group) is 1. The summed E-state index contributed by atoms with van der Waals surface area (Å²) in [5, 5.41) is 0. The second-order valence-corrected chi connectivity index (χ2v) is 5.85. The lowest BCUT2D eigenvalue weighted by atomic mass is 10.2. The van der Waals surface area contributed by atoms with E-state index in [-0.39, 0.29) is 5.91 Å². The third-order valence-electron chi connectivity index (χ3n) is 4.20. The zero-order chi connectivity index (χ0) is 17.4. The Hall–Kier alpha value is -2.01. The van der Waals surface area contributed by atoms with Crippen molar-refractivity contribution in [2.24, 2.45) is 0 Å². The highest BCUT2D eigenvalue weighted by Gasteiger charge is 2.18. The molecule has 1 aromatic carbocycles. The number of carbonyl (C=O) groups is 1. The first-order valence-corrected chi connectivity index (χ1v) is 8.68. The molecule has 0 radical (unpaired) electrons. The normalized spacial score (nSPS) is 15.7. The molecule has 0 unspecified atom stereocenters. The first-order chi connectivity index (χ1) is 11.7. The van der Waals surface area contributed by atoms with Crippen molar-refractivity contribution in [1.82, 2.24) is 9.80 Å². The van der Waals surface area contributed by atoms with Gasteiger partial charge in [-0.1, -0.05) is 19.9 Å². The lowest BCUT2D eigenvalue weighted by Crippen LogP contribution is -2.48. The first kappa shape index (κ1) is 18.3. The molecule has 2 rings (SSSR count). The van der Waals surface area contributed by atoms with Crippen LogP contribution in [0, 0.1) is 0 Å². The van der Waals surface area contributed by atoms with Crippen molar-refractivity contribution in [1.29, 1.82) is 0 Å². The van der Waals surface area contributed by atoms with Gasteiger partial charge in [-0.25, -0.2) is 0 Å². The van der Waals surface area contributed by atoms with Crippen LogP contribution in [0.1, 0.15) is 25.8 Å². The van der Waals surface area contributed by atoms with Gasteiger partial charge in [-0.3, -0.25) is 4.79 Å². The van der Waals surface area contributed by atoms with E-state index in [1.54, 1.807) is 13.2 Å². The van der Waals surface area contributed by atoms with Crippen LogP contribution in [-0.2, 0) is 4.79 Å². The standard InChI is InChI=1S/C19H28N2O3/c1-4-14-24-17-8-6-16(15-18(17)23-3)7-9-19(22)21-12-10-20(5-2)11-13-21/h6-9,15H,4-5,10-14H2,1-3H3. The number of nitrogens with zero attached hydrogens (tertiary/aromatic N) is 2. The number of hydrogen-bond donors (Lipinski definition) is 0. The predicted octanol–water partition coefficient (Wildman–Crippen LogP) is 2.66. The maximum absolute atomic E-state index is 12.3. The van der Waals surface area contributed by atoms with Crippen LogP contribution in [0.25, 0.3) is 6.08 Å². The van der Waals surface area contributed by atoms with E-state index in [2.05, 4.69) is 18.7 Å². The molecule has 1 aliphatic rings. The topological polar surface area (TPSA) is 42.0 Å². The molecule has 1 aromatic rings. The fourth-order valence-electron chi connectivity index (χ4n) is 2.68. The quantitative estimate of drug-likeness (QED) is 0.720. The minimum Gasteiger partial charge on any atom is -0.493 e. The lowest BCUT2D eigenvalue weighted by molar-refractivity contribution is -0.127. The molecule has 1 heterocycles. The molecule has 1 amide bonds. The molecule has 5 heteroatoms. The highest BCUT2D eigenvalue weighted by molar-refractivity contribution is 5.92. The molecular weight excluding hydrogens is 304 g/mol. The molecule has 24 heavy (non-hydrogen) atoms. The predicted molar refractivity (Wildman–Crippen MR) is 96.5 cm³/mol. The SMILES string of the molecule is CCCOc1ccc(C=CC(=O)N2CCN(CC)CC2)cc1OC. The van der Waals surface area contributed by atoms with Crippen LogP contribution in [0.5, 0.6) is 11.5 Å². The molecule has 1 aliphatic heterocycles. The van der Waals surface area contributed by atoms with Gasteiger partial charge in [-0.05, 0) is 36.7 Å². The summed E-state index contributed by atoms with van der Waals surface area (Å²) in [7, 11) is 1.62. The van der Waals surface area contributed by atoms with E-state index in [9.17, 15) is 4.79 Å². The van der Waals surface area contributed by atoms with Gasteiger partial charge in [0.1, 0.15) is 0 Å². The fraction of sp³-hybridized carbons (Fsp3) is 0.526. The van der Waals surface area contributed by atoms with E-state index in [4.69, 9.17) is 9.47 Å². The Bertz CT molecular complexity index is 564. The number of methoxy groups -OCH3 is 1. The molecule has 0 saturated carbocycles. The van der Waals surface area contributed by atoms with Gasteiger partial charge in [0.15, 0.2) is 11.5 Å². The number of rotatable bonds is 7. The molecule has 5 nitrogen and oxygen atoms in total. The van der Waals surface area contributed by atoms with E-state index in [1.165, 1.54) is 0 Å². The van der Waals surface area contributed by atoms with Gasteiger partial charge in [0, 0.05) is 32.3 Å². The Morgan fingerprint density at radius 2 is 1.92 bits per heavy atom. The Morgan fingerprint density at radius 3 is 2.54 bits per heavy atom. The molecule has 132 valence electrons. The van der Waals surface area contributed by atoms with E-state index in [0.717, 1.165) is 50.5 Å². The summed E-state index contributed by atoms with van der Waals surface area (Å²) in [6.45, 7) is 9.42. The van der Waals surface area contributed by atoms with Gasteiger partial charge in [-0.2, -0.15) is 0 Å². The summed E-state index contributed by atoms with van der Waals surface area (Å²) in [5.74, 6) is 1.49. The molecule has 1 saturated heterocycles. The third kappa shape index (κ3) is 4.99. The number of ether oxygens (including phenoxy) is 2. The molecule has 0 spiro atoms. The monoisotopic (exact) mass is 332 g/mol. The molecule has 0 aliphatic carbocycles. The van der Waals surface area contributed by atoms with E-state index < -0.39 is 0 Å². The highest BCUT2D eigenvalue weighted by atomic mass is 16.5. The minimum absolute atomic E-state index is 0.0658. The van der Waals surface area contributed by atoms with Crippen molar-refractivity contribution in [2.75, 3.05) is 46.4 Å². The average Bonchev–Trinajstić information content (AvgIpc) is 2.64. The lowest BCUT2D eigenvalue weighted by Gasteiger charge is -2.33. The summed E-state index contributed by atoms with van der Waals surface area (Å²) in [6, 6.07) is 5.72. The second-order valence-electron chi connectivity index (χ2n) is 5.85. The smallest absolute Gasteiger partial charge is 0.246 e. The van der Waals surface area contributed by atoms with Crippen LogP contribution in [-0.4, -0.2) is 62.1 Å². The summed E-state index contributed by atoms with van der Waals surface area (Å²) in [6.07, 6.45) is 4.42. The van der Waals surface area contributed by atoms with E-state index in [0.29, 0.717) is 12.4 Å². The van der Waals surface area contributed by atoms with Crippen molar-refractivity contribution in [3.63, 3.8) is 0 Å². The average molecular weight is 332 g/mol. The molecule has 0 atom stereocenters. The van der Waals surface area contributed by atoms with E-state index in [1.807, 2.05) is 29.2 Å². The van der Waals surface area contributed by atoms with Gasteiger partial charge in [0.05, 0.1) is 13.7 Å². The molecule has 0 aromatic heterocycles. The molecule has 0 N–H and O–H groups in total. The van der Waals surface area contributed by atoms with Crippen LogP contribution in [0.4, 0.5) is 0 Å². The first-order valence-electron chi connectivity index (χ1n) is 8.68. The van der Waals surface area contributed by atoms with Crippen LogP contribution in [0.15, 0.2) is 24.3 Å². The Labute approximate surface area is 144 Å². The third-order valence-corrected chi connectivity index (χ3v) is 4.20. The van der Waals surface area contributed by atoms with Gasteiger partial charge in [-0.15, -0.1) is 0 Å². The van der Waals surface area contributed by atoms with Crippen molar-refractivity contribution in [3.05, 3.63) is 29.8 Å². The van der Waals surface area contributed by atoms with Crippen molar-refractivity contribution >= 4 is 12.0 Å². The van der Waals surface area contributed by atoms with Gasteiger partial charge in [0.25, 0.3) is 0 Å². The van der Waals surface area contributed by atoms with Crippen molar-refractivity contribution in [3.8, 4) is 11.5 Å². The summed E-state index contributed by atoms with van der Waals surface area (Å²) >= 11 is 0. The van der Waals surface area contributed by atoms with Gasteiger partial charge >= 0.3 is 0 Å². The zero-order valence-electron chi connectivity index (χ0n) is 15.0. The molecule has 0 bridgehead atoms. The maximum atomic E-state index is 12.3. The van der Waals surface area contributed by atoms with Crippen molar-refractivity contribution < 1.29 is 14.3 Å². The van der Waals surface area contributed by atoms with Crippen LogP contribution < -0.4 is 9.47 Å². The van der Waals surface area contributed by atoms with Gasteiger partial charge in [0.2, 0.25) is 5.91 Å². The fourth-order valence-corrected chi connectivity index (χ4v) is 2.68. The number of hydrogen-bond acceptors (Lipinski definition) is 4. The van der Waals surface area contributed by atoms with Crippen LogP contribution >= 0.6 is 0 Å². The number of amides is 1. The zero-order valence-corrected chi connectivity index (χ0v) is 15.0. The van der Waals surface area contributed by atoms with E-state index >= 15 is 0 Å². The molecular formula is C19H28N2O3. The summed E-state index contributed by atoms with van der Waals surface area (Å²) < 4.78 is 11.0. The largest absolute Gasteiger partial charge is 0.493 e. The Morgan fingerprint density at radius 1 is 1.17 bits per heavy atom. The summed E-state index contributed by atoms with van der Waals surface area (Å²) in [5.41, 5.74) is 0.927. The number of benzene rings is 1. The summed E-state index contributed by atoms with van der Waals surface area (Å²) in [4.78, 5) is 16.5. The van der Waals surface area contributed by atoms with Gasteiger partial charge < -0.3 is 19.3 Å². The number of piperazine rings is 1. The molecule has 1 fully saturated rings.